The Kier molecular flexibility index (Phi) is 5.60. The molecule has 1 saturated heterocycles. The van der Waals surface area contributed by atoms with Crippen molar-refractivity contribution in [3.05, 3.63) is 0 Å². The number of nitrogens with one attached hydrogen (secondary N) is 2. The Morgan fingerprint density at radius 2 is 2.05 bits per heavy atom. The molecule has 0 aromatic rings. The average molecular weight is 272 g/mol. The van der Waals surface area contributed by atoms with Gasteiger partial charge in [-0.2, -0.15) is 0 Å². The van der Waals surface area contributed by atoms with E-state index in [-0.39, 0.29) is 17.9 Å². The van der Waals surface area contributed by atoms with E-state index in [9.17, 15) is 9.59 Å². The highest BCUT2D eigenvalue weighted by Crippen LogP contribution is 2.16. The van der Waals surface area contributed by atoms with Crippen LogP contribution in [0.15, 0.2) is 0 Å². The topological polar surface area (TPSA) is 76.7 Å². The number of alkyl carbamates (subject to hydrolysis) is 1. The Bertz CT molecular complexity index is 325. The van der Waals surface area contributed by atoms with Gasteiger partial charge in [-0.3, -0.25) is 4.79 Å². The molecule has 1 aliphatic heterocycles. The molecule has 0 saturated carbocycles. The summed E-state index contributed by atoms with van der Waals surface area (Å²) in [5.41, 5.74) is -0.493. The van der Waals surface area contributed by atoms with Crippen molar-refractivity contribution in [2.45, 2.75) is 45.3 Å². The predicted octanol–water partition coefficient (Wildman–Crippen LogP) is 1.05. The van der Waals surface area contributed by atoms with E-state index in [0.717, 1.165) is 13.0 Å². The maximum absolute atomic E-state index is 11.5. The minimum absolute atomic E-state index is 0.248. The molecule has 6 nitrogen and oxygen atoms in total. The number of hydrogen-bond donors (Lipinski definition) is 2. The molecule has 2 atom stereocenters. The van der Waals surface area contributed by atoms with Crippen molar-refractivity contribution < 1.29 is 19.1 Å². The lowest BCUT2D eigenvalue weighted by molar-refractivity contribution is -0.144. The minimum atomic E-state index is -0.493. The summed E-state index contributed by atoms with van der Waals surface area (Å²) in [6.07, 6.45) is 1.17. The second-order valence-electron chi connectivity index (χ2n) is 5.80. The summed E-state index contributed by atoms with van der Waals surface area (Å²) in [6, 6.07) is -0.274. The molecule has 6 heteroatoms. The maximum atomic E-state index is 11.5. The van der Waals surface area contributed by atoms with Gasteiger partial charge in [-0.05, 0) is 46.1 Å². The van der Waals surface area contributed by atoms with E-state index in [0.29, 0.717) is 13.0 Å². The first-order valence-electron chi connectivity index (χ1n) is 6.60. The Labute approximate surface area is 114 Å². The van der Waals surface area contributed by atoms with Gasteiger partial charge in [0.15, 0.2) is 0 Å². The van der Waals surface area contributed by atoms with Gasteiger partial charge in [-0.15, -0.1) is 0 Å². The van der Waals surface area contributed by atoms with Crippen LogP contribution in [0.4, 0.5) is 4.79 Å². The largest absolute Gasteiger partial charge is 0.468 e. The molecule has 1 aliphatic rings. The summed E-state index contributed by atoms with van der Waals surface area (Å²) in [5.74, 6) is 0.0137. The van der Waals surface area contributed by atoms with Gasteiger partial charge in [-0.25, -0.2) is 4.79 Å². The first-order valence-corrected chi connectivity index (χ1v) is 6.60. The highest BCUT2D eigenvalue weighted by atomic mass is 16.6. The minimum Gasteiger partial charge on any atom is -0.468 e. The molecule has 0 aromatic carbocycles. The van der Waals surface area contributed by atoms with Crippen molar-refractivity contribution in [1.29, 1.82) is 0 Å². The third-order valence-electron chi connectivity index (χ3n) is 2.93. The lowest BCUT2D eigenvalue weighted by Gasteiger charge is -2.29. The summed E-state index contributed by atoms with van der Waals surface area (Å²) >= 11 is 0. The Morgan fingerprint density at radius 3 is 2.63 bits per heavy atom. The third-order valence-corrected chi connectivity index (χ3v) is 2.93. The quantitative estimate of drug-likeness (QED) is 0.751. The lowest BCUT2D eigenvalue weighted by Crippen LogP contribution is -2.46. The third kappa shape index (κ3) is 5.92. The molecule has 0 aromatic heterocycles. The zero-order chi connectivity index (χ0) is 14.5. The molecule has 0 aliphatic carbocycles. The number of carbonyl (C=O) groups is 2. The van der Waals surface area contributed by atoms with Crippen LogP contribution in [-0.2, 0) is 14.3 Å². The molecule has 0 spiro atoms. The first-order chi connectivity index (χ1) is 8.81. The number of amides is 1. The Balaban J connectivity index is 2.33. The van der Waals surface area contributed by atoms with Crippen LogP contribution >= 0.6 is 0 Å². The van der Waals surface area contributed by atoms with E-state index in [1.807, 2.05) is 20.8 Å². The smallest absolute Gasteiger partial charge is 0.407 e. The van der Waals surface area contributed by atoms with Crippen LogP contribution in [0.3, 0.4) is 0 Å². The number of methoxy groups -OCH3 is 1. The molecule has 2 N–H and O–H groups in total. The van der Waals surface area contributed by atoms with Crippen molar-refractivity contribution in [1.82, 2.24) is 10.6 Å². The zero-order valence-electron chi connectivity index (χ0n) is 12.1. The van der Waals surface area contributed by atoms with Crippen LogP contribution < -0.4 is 10.6 Å². The van der Waals surface area contributed by atoms with E-state index in [1.165, 1.54) is 7.11 Å². The molecule has 2 unspecified atom stereocenters. The highest BCUT2D eigenvalue weighted by Gasteiger charge is 2.28. The van der Waals surface area contributed by atoms with Gasteiger partial charge in [-0.1, -0.05) is 0 Å². The van der Waals surface area contributed by atoms with Gasteiger partial charge >= 0.3 is 12.1 Å². The average Bonchev–Trinajstić information content (AvgIpc) is 2.34. The Hall–Kier alpha value is -1.30. The number of hydrogen-bond acceptors (Lipinski definition) is 5. The van der Waals surface area contributed by atoms with Crippen LogP contribution in [0.5, 0.6) is 0 Å². The van der Waals surface area contributed by atoms with Crippen LogP contribution in [-0.4, -0.2) is 43.9 Å². The van der Waals surface area contributed by atoms with Crippen LogP contribution in [0.2, 0.25) is 0 Å². The summed E-state index contributed by atoms with van der Waals surface area (Å²) < 4.78 is 9.88. The number of ether oxygens (including phenoxy) is 2. The van der Waals surface area contributed by atoms with Gasteiger partial charge in [0.2, 0.25) is 0 Å². The molecule has 1 heterocycles. The lowest BCUT2D eigenvalue weighted by atomic mass is 9.92. The zero-order valence-corrected chi connectivity index (χ0v) is 12.1. The van der Waals surface area contributed by atoms with Crippen LogP contribution in [0.1, 0.15) is 33.6 Å². The first kappa shape index (κ1) is 15.8. The van der Waals surface area contributed by atoms with Crippen LogP contribution in [0.25, 0.3) is 0 Å². The van der Waals surface area contributed by atoms with E-state index in [1.54, 1.807) is 0 Å². The Morgan fingerprint density at radius 1 is 1.37 bits per heavy atom. The molecule has 0 bridgehead atoms. The maximum Gasteiger partial charge on any atom is 0.407 e. The van der Waals surface area contributed by atoms with Gasteiger partial charge < -0.3 is 20.1 Å². The van der Waals surface area contributed by atoms with Crippen molar-refractivity contribution in [2.75, 3.05) is 20.2 Å². The van der Waals surface area contributed by atoms with Crippen molar-refractivity contribution in [3.8, 4) is 0 Å². The number of rotatable bonds is 3. The molecular formula is C13H24N2O4. The van der Waals surface area contributed by atoms with Crippen LogP contribution in [0, 0.1) is 5.92 Å². The molecule has 1 rings (SSSR count). The van der Waals surface area contributed by atoms with E-state index in [4.69, 9.17) is 9.47 Å². The molecule has 1 fully saturated rings. The van der Waals surface area contributed by atoms with E-state index < -0.39 is 11.7 Å². The normalized spacial score (nSPS) is 23.6. The van der Waals surface area contributed by atoms with E-state index >= 15 is 0 Å². The predicted molar refractivity (Wildman–Crippen MR) is 70.8 cm³/mol. The second-order valence-corrected chi connectivity index (χ2v) is 5.80. The fourth-order valence-electron chi connectivity index (χ4n) is 2.05. The summed E-state index contributed by atoms with van der Waals surface area (Å²) in [5, 5.41) is 5.85. The number of carbonyl (C=O) groups excluding carboxylic acids is 2. The monoisotopic (exact) mass is 272 g/mol. The van der Waals surface area contributed by atoms with Crippen molar-refractivity contribution in [3.63, 3.8) is 0 Å². The van der Waals surface area contributed by atoms with Crippen molar-refractivity contribution in [2.24, 2.45) is 5.92 Å². The molecule has 110 valence electrons. The van der Waals surface area contributed by atoms with Gasteiger partial charge in [0.1, 0.15) is 11.6 Å². The van der Waals surface area contributed by atoms with Gasteiger partial charge in [0.25, 0.3) is 0 Å². The SMILES string of the molecule is COC(=O)C1CC(CNC(=O)OC(C)(C)C)CCN1. The van der Waals surface area contributed by atoms with E-state index in [2.05, 4.69) is 10.6 Å². The van der Waals surface area contributed by atoms with Gasteiger partial charge in [0.05, 0.1) is 7.11 Å². The second kappa shape index (κ2) is 6.75. The molecular weight excluding hydrogens is 248 g/mol. The number of esters is 1. The standard InChI is InChI=1S/C13H24N2O4/c1-13(2,3)19-12(17)15-8-9-5-6-14-10(7-9)11(16)18-4/h9-10,14H,5-8H2,1-4H3,(H,15,17). The van der Waals surface area contributed by atoms with Crippen molar-refractivity contribution >= 4 is 12.1 Å². The van der Waals surface area contributed by atoms with Gasteiger partial charge in [0, 0.05) is 6.54 Å². The highest BCUT2D eigenvalue weighted by molar-refractivity contribution is 5.75. The molecule has 19 heavy (non-hydrogen) atoms. The fourth-order valence-corrected chi connectivity index (χ4v) is 2.05. The number of piperidine rings is 1. The molecule has 0 radical (unpaired) electrons. The summed E-state index contributed by atoms with van der Waals surface area (Å²) in [7, 11) is 1.38. The summed E-state index contributed by atoms with van der Waals surface area (Å²) in [6.45, 7) is 6.74. The summed E-state index contributed by atoms with van der Waals surface area (Å²) in [4.78, 5) is 23.0. The molecule has 1 amide bonds. The fraction of sp³-hybridized carbons (Fsp3) is 0.846.